The molecule has 0 radical (unpaired) electrons. The van der Waals surface area contributed by atoms with Gasteiger partial charge >= 0.3 is 6.18 Å². The van der Waals surface area contributed by atoms with Gasteiger partial charge in [0.1, 0.15) is 46.9 Å². The van der Waals surface area contributed by atoms with Gasteiger partial charge in [0.25, 0.3) is 0 Å². The summed E-state index contributed by atoms with van der Waals surface area (Å²) in [5.74, 6) is -1.35. The van der Waals surface area contributed by atoms with Crippen molar-refractivity contribution in [1.82, 2.24) is 28.8 Å². The molecule has 1 fully saturated rings. The molecule has 2 atom stereocenters. The SMILES string of the molecule is CS(=O)(=O)N1CC[C@H](Nc2ncc(C(F)(F)F)c(-c3cn(-c4ccc(C#N)nc4F)cn3)n2)[C@H](F)C1. The Morgan fingerprint density at radius 3 is 2.58 bits per heavy atom. The highest BCUT2D eigenvalue weighted by atomic mass is 32.2. The lowest BCUT2D eigenvalue weighted by atomic mass is 10.1. The highest BCUT2D eigenvalue weighted by Gasteiger charge is 2.37. The molecule has 0 aromatic carbocycles. The lowest BCUT2D eigenvalue weighted by molar-refractivity contribution is -0.137. The first kappa shape index (κ1) is 25.4. The summed E-state index contributed by atoms with van der Waals surface area (Å²) < 4.78 is 95.2. The molecule has 4 rings (SSSR count). The second kappa shape index (κ2) is 9.39. The van der Waals surface area contributed by atoms with Crippen LogP contribution in [-0.2, 0) is 16.2 Å². The lowest BCUT2D eigenvalue weighted by Crippen LogP contribution is -2.49. The van der Waals surface area contributed by atoms with Crippen LogP contribution in [0.15, 0.2) is 30.9 Å². The predicted molar refractivity (Wildman–Crippen MR) is 115 cm³/mol. The van der Waals surface area contributed by atoms with Gasteiger partial charge in [0.15, 0.2) is 0 Å². The number of piperidine rings is 1. The number of sulfonamides is 1. The Morgan fingerprint density at radius 1 is 1.22 bits per heavy atom. The van der Waals surface area contributed by atoms with Crippen molar-refractivity contribution in [2.45, 2.75) is 24.8 Å². The lowest BCUT2D eigenvalue weighted by Gasteiger charge is -2.33. The van der Waals surface area contributed by atoms with E-state index in [9.17, 15) is 30.4 Å². The Bertz CT molecular complexity index is 1440. The summed E-state index contributed by atoms with van der Waals surface area (Å²) in [6.07, 6.45) is -2.86. The normalized spacial score (nSPS) is 19.1. The fourth-order valence-electron chi connectivity index (χ4n) is 3.62. The Kier molecular flexibility index (Phi) is 6.62. The van der Waals surface area contributed by atoms with Gasteiger partial charge in [-0.15, -0.1) is 0 Å². The largest absolute Gasteiger partial charge is 0.420 e. The first-order valence-corrected chi connectivity index (χ1v) is 12.1. The van der Waals surface area contributed by atoms with Crippen molar-refractivity contribution in [3.63, 3.8) is 0 Å². The second-order valence-corrected chi connectivity index (χ2v) is 9.90. The van der Waals surface area contributed by atoms with E-state index < -0.39 is 52.2 Å². The number of hydrogen-bond acceptors (Lipinski definition) is 8. The summed E-state index contributed by atoms with van der Waals surface area (Å²) in [6, 6.07) is 3.18. The van der Waals surface area contributed by atoms with Crippen molar-refractivity contribution in [2.75, 3.05) is 24.7 Å². The van der Waals surface area contributed by atoms with Crippen LogP contribution in [0.25, 0.3) is 17.1 Å². The van der Waals surface area contributed by atoms with Gasteiger partial charge in [0.2, 0.25) is 21.9 Å². The number of nitriles is 1. The molecule has 4 heterocycles. The van der Waals surface area contributed by atoms with Gasteiger partial charge < -0.3 is 9.88 Å². The average Bonchev–Trinajstić information content (AvgIpc) is 3.28. The van der Waals surface area contributed by atoms with Crippen LogP contribution in [-0.4, -0.2) is 68.8 Å². The van der Waals surface area contributed by atoms with E-state index in [0.717, 1.165) is 27.7 Å². The van der Waals surface area contributed by atoms with Gasteiger partial charge in [0, 0.05) is 25.5 Å². The first-order chi connectivity index (χ1) is 16.9. The summed E-state index contributed by atoms with van der Waals surface area (Å²) in [5.41, 5.74) is -2.48. The maximum atomic E-state index is 14.6. The van der Waals surface area contributed by atoms with E-state index in [2.05, 4.69) is 25.3 Å². The van der Waals surface area contributed by atoms with Crippen molar-refractivity contribution >= 4 is 16.0 Å². The number of nitrogens with one attached hydrogen (secondary N) is 1. The predicted octanol–water partition coefficient (Wildman–Crippen LogP) is 2.54. The zero-order valence-corrected chi connectivity index (χ0v) is 19.2. The summed E-state index contributed by atoms with van der Waals surface area (Å²) >= 11 is 0. The van der Waals surface area contributed by atoms with Crippen molar-refractivity contribution in [2.24, 2.45) is 0 Å². The fourth-order valence-corrected chi connectivity index (χ4v) is 4.47. The van der Waals surface area contributed by atoms with Crippen LogP contribution in [0.5, 0.6) is 0 Å². The number of anilines is 1. The Hall–Kier alpha value is -3.71. The van der Waals surface area contributed by atoms with E-state index in [-0.39, 0.29) is 36.0 Å². The molecule has 3 aromatic heterocycles. The quantitative estimate of drug-likeness (QED) is 0.395. The monoisotopic (exact) mass is 528 g/mol. The van der Waals surface area contributed by atoms with Crippen LogP contribution in [0.4, 0.5) is 27.9 Å². The molecule has 1 aliphatic rings. The van der Waals surface area contributed by atoms with Crippen LogP contribution in [0.3, 0.4) is 0 Å². The molecule has 1 N–H and O–H groups in total. The molecular weight excluding hydrogens is 511 g/mol. The minimum absolute atomic E-state index is 0.0129. The third kappa shape index (κ3) is 5.26. The van der Waals surface area contributed by atoms with E-state index >= 15 is 0 Å². The summed E-state index contributed by atoms with van der Waals surface area (Å²) in [4.78, 5) is 14.9. The molecule has 1 aliphatic heterocycles. The van der Waals surface area contributed by atoms with Crippen LogP contribution >= 0.6 is 0 Å². The van der Waals surface area contributed by atoms with Crippen LogP contribution in [0, 0.1) is 17.3 Å². The minimum atomic E-state index is -4.86. The molecule has 3 aromatic rings. The second-order valence-electron chi connectivity index (χ2n) is 7.91. The van der Waals surface area contributed by atoms with E-state index in [0.29, 0.717) is 6.20 Å². The zero-order chi connectivity index (χ0) is 26.3. The molecule has 0 saturated carbocycles. The smallest absolute Gasteiger partial charge is 0.348 e. The van der Waals surface area contributed by atoms with Crippen molar-refractivity contribution in [1.29, 1.82) is 5.26 Å². The zero-order valence-electron chi connectivity index (χ0n) is 18.4. The third-order valence-corrected chi connectivity index (χ3v) is 6.70. The Labute approximate surface area is 201 Å². The molecule has 0 aliphatic carbocycles. The van der Waals surface area contributed by atoms with Gasteiger partial charge in [-0.1, -0.05) is 0 Å². The van der Waals surface area contributed by atoms with Gasteiger partial charge in [-0.2, -0.15) is 27.1 Å². The molecule has 0 unspecified atom stereocenters. The molecule has 0 spiro atoms. The number of nitrogens with zero attached hydrogens (tertiary/aromatic N) is 7. The third-order valence-electron chi connectivity index (χ3n) is 5.43. The van der Waals surface area contributed by atoms with Gasteiger partial charge in [-0.25, -0.2) is 32.7 Å². The highest BCUT2D eigenvalue weighted by molar-refractivity contribution is 7.88. The number of alkyl halides is 4. The number of rotatable bonds is 5. The molecule has 1 saturated heterocycles. The van der Waals surface area contributed by atoms with Crippen molar-refractivity contribution in [3.05, 3.63) is 48.1 Å². The van der Waals surface area contributed by atoms with Crippen molar-refractivity contribution < 1.29 is 30.4 Å². The number of aromatic nitrogens is 5. The highest BCUT2D eigenvalue weighted by Crippen LogP contribution is 2.36. The summed E-state index contributed by atoms with van der Waals surface area (Å²) in [7, 11) is -3.60. The number of pyridine rings is 1. The minimum Gasteiger partial charge on any atom is -0.348 e. The topological polar surface area (TPSA) is 130 Å². The maximum Gasteiger partial charge on any atom is 0.420 e. The summed E-state index contributed by atoms with van der Waals surface area (Å²) in [6.45, 7) is -0.405. The van der Waals surface area contributed by atoms with Crippen LogP contribution in [0.1, 0.15) is 17.7 Å². The van der Waals surface area contributed by atoms with Crippen molar-refractivity contribution in [3.8, 4) is 23.1 Å². The molecule has 16 heteroatoms. The van der Waals surface area contributed by atoms with Crippen LogP contribution in [0.2, 0.25) is 0 Å². The molecule has 0 bridgehead atoms. The van der Waals surface area contributed by atoms with Gasteiger partial charge in [-0.05, 0) is 18.6 Å². The molecule has 10 nitrogen and oxygen atoms in total. The Balaban J connectivity index is 1.65. The molecule has 190 valence electrons. The van der Waals surface area contributed by atoms with Gasteiger partial charge in [-0.3, -0.25) is 0 Å². The van der Waals surface area contributed by atoms with E-state index in [1.54, 1.807) is 6.07 Å². The van der Waals surface area contributed by atoms with Gasteiger partial charge in [0.05, 0.1) is 12.3 Å². The van der Waals surface area contributed by atoms with E-state index in [1.165, 1.54) is 12.1 Å². The first-order valence-electron chi connectivity index (χ1n) is 10.3. The number of hydrogen-bond donors (Lipinski definition) is 1. The summed E-state index contributed by atoms with van der Waals surface area (Å²) in [5, 5.41) is 11.4. The molecular formula is C20H17F5N8O2S. The molecule has 0 amide bonds. The van der Waals surface area contributed by atoms with Crippen LogP contribution < -0.4 is 5.32 Å². The maximum absolute atomic E-state index is 14.6. The fraction of sp³-hybridized carbons (Fsp3) is 0.350. The number of halogens is 5. The van der Waals surface area contributed by atoms with E-state index in [1.807, 2.05) is 0 Å². The molecule has 36 heavy (non-hydrogen) atoms. The standard InChI is InChI=1S/C20H17F5N8O2S/c1-36(34,35)33-5-4-14(13(21)8-33)30-19-27-7-12(20(23,24)25)17(31-19)15-9-32(10-28-15)16-3-2-11(6-26)29-18(16)22/h2-3,7,9-10,13-14H,4-5,8H2,1H3,(H,27,30,31)/t13-,14+/m1/s1. The van der Waals surface area contributed by atoms with E-state index in [4.69, 9.17) is 5.26 Å². The number of imidazole rings is 1. The average molecular weight is 528 g/mol. The Morgan fingerprint density at radius 2 is 1.97 bits per heavy atom.